The molecule has 0 aliphatic rings. The average molecular weight is 563 g/mol. The van der Waals surface area contributed by atoms with Gasteiger partial charge in [0.15, 0.2) is 5.13 Å². The van der Waals surface area contributed by atoms with Crippen molar-refractivity contribution < 1.29 is 9.59 Å². The van der Waals surface area contributed by atoms with Gasteiger partial charge in [0.2, 0.25) is 11.8 Å². The van der Waals surface area contributed by atoms with Crippen LogP contribution in [0.3, 0.4) is 0 Å². The Morgan fingerprint density at radius 1 is 0.857 bits per heavy atom. The van der Waals surface area contributed by atoms with Gasteiger partial charge in [0.25, 0.3) is 0 Å². The number of carbonyl (C=O) groups excluding carboxylic acids is 2. The van der Waals surface area contributed by atoms with Gasteiger partial charge in [-0.2, -0.15) is 0 Å². The molecule has 5 nitrogen and oxygen atoms in total. The lowest BCUT2D eigenvalue weighted by Gasteiger charge is -2.07. The van der Waals surface area contributed by atoms with Crippen molar-refractivity contribution in [1.82, 2.24) is 4.98 Å². The first kappa shape index (κ1) is 25.5. The standard InChI is InChI=1S/C25H18Cl3N3O2S2/c26-17-4-1-15(2-5-17)11-23(32)29-18-6-8-19(9-7-18)34-14-24(33)31-25-30-22(13-35-25)16-3-10-20(27)21(28)12-16/h1-10,12-13H,11,14H2,(H,29,32)(H,30,31,33). The second-order valence-electron chi connectivity index (χ2n) is 7.38. The topological polar surface area (TPSA) is 71.1 Å². The molecule has 10 heteroatoms. The zero-order valence-corrected chi connectivity index (χ0v) is 22.0. The predicted octanol–water partition coefficient (Wildman–Crippen LogP) is 7.68. The van der Waals surface area contributed by atoms with Crippen LogP contribution in [0.15, 0.2) is 77.0 Å². The highest BCUT2D eigenvalue weighted by atomic mass is 35.5. The largest absolute Gasteiger partial charge is 0.326 e. The van der Waals surface area contributed by atoms with E-state index in [9.17, 15) is 9.59 Å². The summed E-state index contributed by atoms with van der Waals surface area (Å²) in [6, 6.07) is 19.8. The molecule has 0 unspecified atom stereocenters. The summed E-state index contributed by atoms with van der Waals surface area (Å²) in [6.07, 6.45) is 0.261. The van der Waals surface area contributed by atoms with Crippen molar-refractivity contribution in [2.24, 2.45) is 0 Å². The molecule has 1 aromatic heterocycles. The van der Waals surface area contributed by atoms with E-state index in [2.05, 4.69) is 15.6 Å². The third kappa shape index (κ3) is 7.46. The summed E-state index contributed by atoms with van der Waals surface area (Å²) in [4.78, 5) is 30.0. The second kappa shape index (κ2) is 11.9. The average Bonchev–Trinajstić information content (AvgIpc) is 3.30. The Kier molecular flexibility index (Phi) is 8.70. The molecule has 0 spiro atoms. The Morgan fingerprint density at radius 3 is 2.31 bits per heavy atom. The lowest BCUT2D eigenvalue weighted by Crippen LogP contribution is -2.14. The van der Waals surface area contributed by atoms with Gasteiger partial charge >= 0.3 is 0 Å². The van der Waals surface area contributed by atoms with Crippen molar-refractivity contribution in [3.8, 4) is 11.3 Å². The van der Waals surface area contributed by atoms with Crippen LogP contribution in [0.2, 0.25) is 15.1 Å². The number of carbonyl (C=O) groups is 2. The van der Waals surface area contributed by atoms with Crippen molar-refractivity contribution in [2.45, 2.75) is 11.3 Å². The molecule has 3 aromatic carbocycles. The molecule has 0 saturated carbocycles. The van der Waals surface area contributed by atoms with Crippen LogP contribution in [0.4, 0.5) is 10.8 Å². The van der Waals surface area contributed by atoms with E-state index < -0.39 is 0 Å². The number of hydrogen-bond acceptors (Lipinski definition) is 5. The van der Waals surface area contributed by atoms with Gasteiger partial charge in [0.05, 0.1) is 27.9 Å². The van der Waals surface area contributed by atoms with Gasteiger partial charge in [-0.3, -0.25) is 9.59 Å². The molecule has 0 fully saturated rings. The van der Waals surface area contributed by atoms with Crippen LogP contribution in [0.1, 0.15) is 5.56 Å². The Labute approximate surface area is 225 Å². The number of halogens is 3. The third-order valence-electron chi connectivity index (χ3n) is 4.75. The smallest absolute Gasteiger partial charge is 0.236 e. The summed E-state index contributed by atoms with van der Waals surface area (Å²) in [5.74, 6) is -0.0505. The van der Waals surface area contributed by atoms with Crippen LogP contribution in [0, 0.1) is 0 Å². The van der Waals surface area contributed by atoms with E-state index in [0.29, 0.717) is 31.6 Å². The van der Waals surface area contributed by atoms with Crippen molar-refractivity contribution in [3.05, 3.63) is 92.7 Å². The van der Waals surface area contributed by atoms with Crippen LogP contribution in [-0.4, -0.2) is 22.6 Å². The zero-order valence-electron chi connectivity index (χ0n) is 18.1. The number of nitrogens with zero attached hydrogens (tertiary/aromatic N) is 1. The first-order chi connectivity index (χ1) is 16.9. The fraction of sp³-hybridized carbons (Fsp3) is 0.0800. The lowest BCUT2D eigenvalue weighted by atomic mass is 10.1. The highest BCUT2D eigenvalue weighted by molar-refractivity contribution is 8.00. The van der Waals surface area contributed by atoms with Gasteiger partial charge in [0.1, 0.15) is 0 Å². The minimum absolute atomic E-state index is 0.115. The first-order valence-electron chi connectivity index (χ1n) is 10.3. The fourth-order valence-corrected chi connectivity index (χ4v) is 4.91. The van der Waals surface area contributed by atoms with E-state index in [0.717, 1.165) is 16.0 Å². The molecular formula is C25H18Cl3N3O2S2. The van der Waals surface area contributed by atoms with E-state index in [1.807, 2.05) is 47.8 Å². The Morgan fingerprint density at radius 2 is 1.60 bits per heavy atom. The molecule has 0 aliphatic carbocycles. The van der Waals surface area contributed by atoms with Gasteiger partial charge < -0.3 is 10.6 Å². The molecule has 2 N–H and O–H groups in total. The first-order valence-corrected chi connectivity index (χ1v) is 13.3. The molecule has 35 heavy (non-hydrogen) atoms. The molecular weight excluding hydrogens is 545 g/mol. The number of amides is 2. The second-order valence-corrected chi connectivity index (χ2v) is 10.5. The van der Waals surface area contributed by atoms with Crippen LogP contribution in [0.25, 0.3) is 11.3 Å². The highest BCUT2D eigenvalue weighted by Gasteiger charge is 2.10. The number of nitrogens with one attached hydrogen (secondary N) is 2. The number of benzene rings is 3. The van der Waals surface area contributed by atoms with Gasteiger partial charge in [-0.25, -0.2) is 4.98 Å². The molecule has 0 saturated heterocycles. The van der Waals surface area contributed by atoms with Crippen LogP contribution in [0.5, 0.6) is 0 Å². The van der Waals surface area contributed by atoms with Crippen molar-refractivity contribution >= 4 is 80.5 Å². The molecule has 0 aliphatic heterocycles. The minimum atomic E-state index is -0.162. The van der Waals surface area contributed by atoms with Gasteiger partial charge in [-0.15, -0.1) is 23.1 Å². The predicted molar refractivity (Wildman–Crippen MR) is 147 cm³/mol. The molecule has 2 amide bonds. The Bertz CT molecular complexity index is 1340. The Hall–Kier alpha value is -2.55. The molecule has 0 radical (unpaired) electrons. The maximum Gasteiger partial charge on any atom is 0.236 e. The molecule has 0 bridgehead atoms. The minimum Gasteiger partial charge on any atom is -0.326 e. The van der Waals surface area contributed by atoms with Gasteiger partial charge in [0, 0.05) is 26.5 Å². The third-order valence-corrected chi connectivity index (χ3v) is 7.51. The number of anilines is 2. The number of rotatable bonds is 8. The maximum atomic E-state index is 12.4. The Balaban J connectivity index is 1.25. The van der Waals surface area contributed by atoms with E-state index >= 15 is 0 Å². The van der Waals surface area contributed by atoms with Gasteiger partial charge in [-0.05, 0) is 54.1 Å². The van der Waals surface area contributed by atoms with Crippen molar-refractivity contribution in [3.63, 3.8) is 0 Å². The fourth-order valence-electron chi connectivity index (χ4n) is 3.05. The zero-order chi connectivity index (χ0) is 24.8. The molecule has 178 valence electrons. The van der Waals surface area contributed by atoms with Crippen LogP contribution in [-0.2, 0) is 16.0 Å². The summed E-state index contributed by atoms with van der Waals surface area (Å²) < 4.78 is 0. The number of thiazole rings is 1. The van der Waals surface area contributed by atoms with E-state index in [1.54, 1.807) is 24.3 Å². The molecule has 0 atom stereocenters. The summed E-state index contributed by atoms with van der Waals surface area (Å²) >= 11 is 20.6. The number of aromatic nitrogens is 1. The van der Waals surface area contributed by atoms with E-state index in [1.165, 1.54) is 23.1 Å². The van der Waals surface area contributed by atoms with Crippen molar-refractivity contribution in [1.29, 1.82) is 0 Å². The lowest BCUT2D eigenvalue weighted by molar-refractivity contribution is -0.115. The quantitative estimate of drug-likeness (QED) is 0.216. The molecule has 4 rings (SSSR count). The van der Waals surface area contributed by atoms with E-state index in [4.69, 9.17) is 34.8 Å². The molecule has 1 heterocycles. The summed E-state index contributed by atoms with van der Waals surface area (Å²) in [5, 5.41) is 9.61. The monoisotopic (exact) mass is 561 g/mol. The normalized spacial score (nSPS) is 10.7. The van der Waals surface area contributed by atoms with Crippen molar-refractivity contribution in [2.75, 3.05) is 16.4 Å². The summed E-state index contributed by atoms with van der Waals surface area (Å²) in [5.41, 5.74) is 3.11. The maximum absolute atomic E-state index is 12.4. The number of hydrogen-bond donors (Lipinski definition) is 2. The number of thioether (sulfide) groups is 1. The summed E-state index contributed by atoms with van der Waals surface area (Å²) in [6.45, 7) is 0. The highest BCUT2D eigenvalue weighted by Crippen LogP contribution is 2.30. The van der Waals surface area contributed by atoms with Crippen LogP contribution >= 0.6 is 57.9 Å². The SMILES string of the molecule is O=C(Cc1ccc(Cl)cc1)Nc1ccc(SCC(=O)Nc2nc(-c3ccc(Cl)c(Cl)c3)cs2)cc1. The van der Waals surface area contributed by atoms with E-state index in [-0.39, 0.29) is 24.0 Å². The van der Waals surface area contributed by atoms with Crippen LogP contribution < -0.4 is 10.6 Å². The van der Waals surface area contributed by atoms with Gasteiger partial charge in [-0.1, -0.05) is 53.0 Å². The molecule has 4 aromatic rings. The summed E-state index contributed by atoms with van der Waals surface area (Å²) in [7, 11) is 0.